The molecule has 9 heteroatoms. The Hall–Kier alpha value is -2.42. The second-order valence-electron chi connectivity index (χ2n) is 5.14. The molecule has 0 spiro atoms. The van der Waals surface area contributed by atoms with Crippen LogP contribution in [0.4, 0.5) is 11.4 Å². The quantitative estimate of drug-likeness (QED) is 0.643. The van der Waals surface area contributed by atoms with Gasteiger partial charge < -0.3 is 10.0 Å². The van der Waals surface area contributed by atoms with Crippen molar-refractivity contribution in [3.8, 4) is 0 Å². The molecule has 1 heterocycles. The number of benzene rings is 1. The number of nitro groups is 1. The Balaban J connectivity index is 2.31. The molecule has 2 rings (SSSR count). The average Bonchev–Trinajstić information content (AvgIpc) is 2.85. The molecule has 0 aliphatic carbocycles. The third-order valence-electron chi connectivity index (χ3n) is 3.44. The maximum atomic E-state index is 12.2. The average molecular weight is 338 g/mol. The van der Waals surface area contributed by atoms with Crippen LogP contribution in [0.2, 0.25) is 0 Å². The molecule has 1 amide bonds. The van der Waals surface area contributed by atoms with Crippen LogP contribution in [0.25, 0.3) is 0 Å². The number of amides is 1. The van der Waals surface area contributed by atoms with Gasteiger partial charge in [0.25, 0.3) is 5.69 Å². The van der Waals surface area contributed by atoms with Gasteiger partial charge in [-0.05, 0) is 12.0 Å². The van der Waals surface area contributed by atoms with Gasteiger partial charge in [0.1, 0.15) is 0 Å². The van der Waals surface area contributed by atoms with Gasteiger partial charge in [0.2, 0.25) is 5.91 Å². The van der Waals surface area contributed by atoms with Crippen molar-refractivity contribution in [2.45, 2.75) is 13.3 Å². The Kier molecular flexibility index (Phi) is 4.99. The Morgan fingerprint density at radius 1 is 1.48 bits per heavy atom. The van der Waals surface area contributed by atoms with Gasteiger partial charge in [0.05, 0.1) is 16.2 Å². The lowest BCUT2D eigenvalue weighted by atomic mass is 10.1. The number of anilines is 1. The molecule has 1 aliphatic rings. The molecule has 1 atom stereocenters. The summed E-state index contributed by atoms with van der Waals surface area (Å²) in [7, 11) is 0. The normalized spacial score (nSPS) is 17.3. The summed E-state index contributed by atoms with van der Waals surface area (Å²) in [6.07, 6.45) is 0.183. The molecule has 0 aromatic heterocycles. The summed E-state index contributed by atoms with van der Waals surface area (Å²) in [6, 6.07) is 3.32. The minimum absolute atomic E-state index is 0.0204. The van der Waals surface area contributed by atoms with E-state index >= 15 is 0 Å². The van der Waals surface area contributed by atoms with E-state index in [-0.39, 0.29) is 46.8 Å². The van der Waals surface area contributed by atoms with Gasteiger partial charge in [-0.15, -0.1) is 0 Å². The fraction of sp³-hybridized carbons (Fsp3) is 0.357. The smallest absolute Gasteiger partial charge is 0.337 e. The van der Waals surface area contributed by atoms with E-state index in [9.17, 15) is 29.6 Å². The first-order chi connectivity index (χ1) is 10.8. The number of non-ortho nitro benzene ring substituents is 1. The van der Waals surface area contributed by atoms with Crippen molar-refractivity contribution in [3.63, 3.8) is 0 Å². The molecular formula is C14H14N2O6S. The number of carbonyl (C=O) groups is 3. The molecule has 0 saturated carbocycles. The van der Waals surface area contributed by atoms with Gasteiger partial charge in [-0.25, -0.2) is 4.79 Å². The van der Waals surface area contributed by atoms with Gasteiger partial charge in [-0.1, -0.05) is 11.8 Å². The van der Waals surface area contributed by atoms with Crippen molar-refractivity contribution in [2.24, 2.45) is 5.92 Å². The summed E-state index contributed by atoms with van der Waals surface area (Å²) < 4.78 is 0. The van der Waals surface area contributed by atoms with Gasteiger partial charge >= 0.3 is 5.97 Å². The number of hydrogen-bond donors (Lipinski definition) is 1. The van der Waals surface area contributed by atoms with Crippen LogP contribution in [0, 0.1) is 16.0 Å². The molecule has 1 aliphatic heterocycles. The number of thioether (sulfide) groups is 1. The number of nitrogens with zero attached hydrogens (tertiary/aromatic N) is 2. The Morgan fingerprint density at radius 3 is 2.74 bits per heavy atom. The molecule has 1 aromatic carbocycles. The van der Waals surface area contributed by atoms with Crippen molar-refractivity contribution in [1.29, 1.82) is 0 Å². The summed E-state index contributed by atoms with van der Waals surface area (Å²) >= 11 is 1.10. The van der Waals surface area contributed by atoms with Crippen molar-refractivity contribution in [2.75, 3.05) is 17.2 Å². The van der Waals surface area contributed by atoms with Gasteiger partial charge in [0, 0.05) is 37.8 Å². The fourth-order valence-electron chi connectivity index (χ4n) is 2.40. The highest BCUT2D eigenvalue weighted by Crippen LogP contribution is 2.32. The highest BCUT2D eigenvalue weighted by Gasteiger charge is 2.33. The molecule has 1 saturated heterocycles. The van der Waals surface area contributed by atoms with Crippen LogP contribution in [0.3, 0.4) is 0 Å². The monoisotopic (exact) mass is 338 g/mol. The predicted octanol–water partition coefficient (Wildman–Crippen LogP) is 1.93. The second kappa shape index (κ2) is 6.78. The van der Waals surface area contributed by atoms with Crippen molar-refractivity contribution < 1.29 is 24.4 Å². The highest BCUT2D eigenvalue weighted by atomic mass is 32.2. The standard InChI is InChI=1S/C14H14N2O6S/c1-8(17)23-7-9-4-13(18)15(6-9)12-5-10(16(21)22)2-3-11(12)14(19)20/h2-3,5,9H,4,6-7H2,1H3,(H,19,20). The van der Waals surface area contributed by atoms with Gasteiger partial charge in [-0.3, -0.25) is 19.7 Å². The molecule has 122 valence electrons. The summed E-state index contributed by atoms with van der Waals surface area (Å²) in [5, 5.41) is 20.1. The zero-order chi connectivity index (χ0) is 17.1. The van der Waals surface area contributed by atoms with Crippen molar-refractivity contribution in [3.05, 3.63) is 33.9 Å². The lowest BCUT2D eigenvalue weighted by Crippen LogP contribution is -2.27. The van der Waals surface area contributed by atoms with Crippen LogP contribution < -0.4 is 4.90 Å². The topological polar surface area (TPSA) is 118 Å². The van der Waals surface area contributed by atoms with E-state index in [4.69, 9.17) is 0 Å². The number of carboxylic acid groups (broad SMARTS) is 1. The third kappa shape index (κ3) is 3.86. The van der Waals surface area contributed by atoms with E-state index in [0.29, 0.717) is 5.75 Å². The van der Waals surface area contributed by atoms with E-state index in [2.05, 4.69) is 0 Å². The SMILES string of the molecule is CC(=O)SCC1CC(=O)N(c2cc([N+](=O)[O-])ccc2C(=O)O)C1. The molecule has 1 unspecified atom stereocenters. The first kappa shape index (κ1) is 16.9. The number of carbonyl (C=O) groups excluding carboxylic acids is 2. The minimum atomic E-state index is -1.26. The van der Waals surface area contributed by atoms with Crippen LogP contribution in [0.1, 0.15) is 23.7 Å². The Bertz CT molecular complexity index is 690. The van der Waals surface area contributed by atoms with E-state index < -0.39 is 10.9 Å². The molecule has 23 heavy (non-hydrogen) atoms. The Labute approximate surface area is 135 Å². The van der Waals surface area contributed by atoms with Crippen LogP contribution in [0.5, 0.6) is 0 Å². The maximum Gasteiger partial charge on any atom is 0.337 e. The van der Waals surface area contributed by atoms with E-state index in [1.165, 1.54) is 11.8 Å². The fourth-order valence-corrected chi connectivity index (χ4v) is 3.09. The second-order valence-corrected chi connectivity index (χ2v) is 6.34. The van der Waals surface area contributed by atoms with E-state index in [0.717, 1.165) is 30.0 Å². The van der Waals surface area contributed by atoms with Crippen LogP contribution in [-0.4, -0.2) is 39.3 Å². The number of hydrogen-bond acceptors (Lipinski definition) is 6. The summed E-state index contributed by atoms with van der Waals surface area (Å²) in [6.45, 7) is 1.67. The maximum absolute atomic E-state index is 12.2. The van der Waals surface area contributed by atoms with Crippen LogP contribution in [-0.2, 0) is 9.59 Å². The first-order valence-electron chi connectivity index (χ1n) is 6.75. The van der Waals surface area contributed by atoms with Gasteiger partial charge in [-0.2, -0.15) is 0 Å². The molecule has 8 nitrogen and oxygen atoms in total. The van der Waals surface area contributed by atoms with Crippen molar-refractivity contribution in [1.82, 2.24) is 0 Å². The Morgan fingerprint density at radius 2 is 2.17 bits per heavy atom. The largest absolute Gasteiger partial charge is 0.478 e. The number of carboxylic acids is 1. The lowest BCUT2D eigenvalue weighted by molar-refractivity contribution is -0.384. The number of nitro benzene ring substituents is 1. The first-order valence-corrected chi connectivity index (χ1v) is 7.73. The lowest BCUT2D eigenvalue weighted by Gasteiger charge is -2.18. The molecule has 0 bridgehead atoms. The van der Waals surface area contributed by atoms with Crippen LogP contribution in [0.15, 0.2) is 18.2 Å². The predicted molar refractivity (Wildman–Crippen MR) is 83.7 cm³/mol. The summed E-state index contributed by atoms with van der Waals surface area (Å²) in [4.78, 5) is 46.0. The van der Waals surface area contributed by atoms with Crippen molar-refractivity contribution >= 4 is 40.1 Å². The number of aromatic carboxylic acids is 1. The minimum Gasteiger partial charge on any atom is -0.478 e. The number of rotatable bonds is 5. The molecule has 0 radical (unpaired) electrons. The highest BCUT2D eigenvalue weighted by molar-refractivity contribution is 8.13. The zero-order valence-electron chi connectivity index (χ0n) is 12.2. The zero-order valence-corrected chi connectivity index (χ0v) is 13.0. The summed E-state index contributed by atoms with van der Waals surface area (Å²) in [5.74, 6) is -1.21. The van der Waals surface area contributed by atoms with Crippen LogP contribution >= 0.6 is 11.8 Å². The molecule has 1 N–H and O–H groups in total. The van der Waals surface area contributed by atoms with E-state index in [1.807, 2.05) is 0 Å². The van der Waals surface area contributed by atoms with E-state index in [1.54, 1.807) is 0 Å². The summed E-state index contributed by atoms with van der Waals surface area (Å²) in [5.41, 5.74) is -0.421. The third-order valence-corrected chi connectivity index (χ3v) is 4.49. The van der Waals surface area contributed by atoms with Gasteiger partial charge in [0.15, 0.2) is 5.12 Å². The molecule has 1 aromatic rings. The molecule has 1 fully saturated rings. The molecular weight excluding hydrogens is 324 g/mol.